The quantitative estimate of drug-likeness (QED) is 0.673. The first kappa shape index (κ1) is 12.9. The van der Waals surface area contributed by atoms with Crippen molar-refractivity contribution in [2.75, 3.05) is 20.3 Å². The van der Waals surface area contributed by atoms with Gasteiger partial charge in [-0.25, -0.2) is 0 Å². The lowest BCUT2D eigenvalue weighted by atomic mass is 10.2. The highest BCUT2D eigenvalue weighted by Crippen LogP contribution is 2.19. The van der Waals surface area contributed by atoms with Crippen molar-refractivity contribution in [2.45, 2.75) is 52.6 Å². The van der Waals surface area contributed by atoms with E-state index >= 15 is 0 Å². The van der Waals surface area contributed by atoms with E-state index in [0.29, 0.717) is 12.1 Å². The number of hydrogen-bond donors (Lipinski definition) is 0. The van der Waals surface area contributed by atoms with E-state index in [1.807, 2.05) is 13.8 Å². The second-order valence-corrected chi connectivity index (χ2v) is 3.58. The Hall–Kier alpha value is -0.0800. The lowest BCUT2D eigenvalue weighted by Crippen LogP contribution is -2.37. The fraction of sp³-hybridized carbons (Fsp3) is 1.00. The maximum atomic E-state index is 5.16. The molecule has 80 valence electrons. The maximum Gasteiger partial charge on any atom is 0.0618 e. The van der Waals surface area contributed by atoms with Crippen LogP contribution in [0.4, 0.5) is 0 Å². The smallest absolute Gasteiger partial charge is 0.0618 e. The summed E-state index contributed by atoms with van der Waals surface area (Å²) in [5, 5.41) is 0. The molecule has 1 fully saturated rings. The van der Waals surface area contributed by atoms with Gasteiger partial charge in [0, 0.05) is 19.2 Å². The Morgan fingerprint density at radius 3 is 2.46 bits per heavy atom. The van der Waals surface area contributed by atoms with Crippen LogP contribution in [0.15, 0.2) is 0 Å². The van der Waals surface area contributed by atoms with Crippen LogP contribution in [0.25, 0.3) is 0 Å². The van der Waals surface area contributed by atoms with Crippen LogP contribution < -0.4 is 0 Å². The molecule has 0 aromatic heterocycles. The molecule has 0 aromatic rings. The molecule has 1 saturated heterocycles. The molecule has 13 heavy (non-hydrogen) atoms. The average Bonchev–Trinajstić information content (AvgIpc) is 2.57. The number of rotatable bonds is 3. The normalized spacial score (nSPS) is 23.1. The van der Waals surface area contributed by atoms with Crippen LogP contribution in [0.5, 0.6) is 0 Å². The number of nitrogens with zero attached hydrogens (tertiary/aromatic N) is 1. The SMILES string of the molecule is CC.COCC1CCCN1C(C)C. The number of ether oxygens (including phenoxy) is 1. The van der Waals surface area contributed by atoms with E-state index in [1.165, 1.54) is 19.4 Å². The van der Waals surface area contributed by atoms with Gasteiger partial charge in [-0.3, -0.25) is 4.90 Å². The van der Waals surface area contributed by atoms with Gasteiger partial charge in [-0.1, -0.05) is 13.8 Å². The van der Waals surface area contributed by atoms with Crippen LogP contribution in [0.2, 0.25) is 0 Å². The van der Waals surface area contributed by atoms with Crippen molar-refractivity contribution in [2.24, 2.45) is 0 Å². The summed E-state index contributed by atoms with van der Waals surface area (Å²) in [5.41, 5.74) is 0. The first-order chi connectivity index (χ1) is 6.25. The van der Waals surface area contributed by atoms with Crippen LogP contribution in [-0.2, 0) is 4.74 Å². The molecule has 1 atom stereocenters. The zero-order valence-electron chi connectivity index (χ0n) is 9.84. The van der Waals surface area contributed by atoms with Crippen molar-refractivity contribution in [3.63, 3.8) is 0 Å². The van der Waals surface area contributed by atoms with Crippen LogP contribution in [0.1, 0.15) is 40.5 Å². The summed E-state index contributed by atoms with van der Waals surface area (Å²) in [5.74, 6) is 0. The number of hydrogen-bond acceptors (Lipinski definition) is 2. The van der Waals surface area contributed by atoms with Crippen molar-refractivity contribution < 1.29 is 4.74 Å². The molecule has 1 rings (SSSR count). The molecule has 1 heterocycles. The van der Waals surface area contributed by atoms with Crippen LogP contribution in [0.3, 0.4) is 0 Å². The lowest BCUT2D eigenvalue weighted by molar-refractivity contribution is 0.0984. The van der Waals surface area contributed by atoms with E-state index in [9.17, 15) is 0 Å². The van der Waals surface area contributed by atoms with Gasteiger partial charge in [-0.05, 0) is 33.2 Å². The van der Waals surface area contributed by atoms with Crippen molar-refractivity contribution >= 4 is 0 Å². The van der Waals surface area contributed by atoms with Gasteiger partial charge >= 0.3 is 0 Å². The van der Waals surface area contributed by atoms with E-state index in [0.717, 1.165) is 6.61 Å². The third-order valence-electron chi connectivity index (χ3n) is 2.45. The van der Waals surface area contributed by atoms with E-state index in [4.69, 9.17) is 4.74 Å². The summed E-state index contributed by atoms with van der Waals surface area (Å²) in [4.78, 5) is 2.53. The molecule has 0 N–H and O–H groups in total. The van der Waals surface area contributed by atoms with Gasteiger partial charge in [0.05, 0.1) is 6.61 Å². The van der Waals surface area contributed by atoms with Crippen molar-refractivity contribution in [3.05, 3.63) is 0 Å². The second-order valence-electron chi connectivity index (χ2n) is 3.58. The first-order valence-electron chi connectivity index (χ1n) is 5.50. The second kappa shape index (κ2) is 7.34. The first-order valence-corrected chi connectivity index (χ1v) is 5.50. The van der Waals surface area contributed by atoms with Gasteiger partial charge in [0.15, 0.2) is 0 Å². The fourth-order valence-electron chi connectivity index (χ4n) is 1.91. The Labute approximate surface area is 83.3 Å². The molecule has 0 aromatic carbocycles. The molecule has 1 unspecified atom stereocenters. The summed E-state index contributed by atoms with van der Waals surface area (Å²) in [6.07, 6.45) is 2.65. The zero-order chi connectivity index (χ0) is 10.3. The zero-order valence-corrected chi connectivity index (χ0v) is 9.84. The van der Waals surface area contributed by atoms with Gasteiger partial charge in [0.25, 0.3) is 0 Å². The highest BCUT2D eigenvalue weighted by Gasteiger charge is 2.25. The molecule has 0 radical (unpaired) electrons. The largest absolute Gasteiger partial charge is 0.383 e. The van der Waals surface area contributed by atoms with E-state index < -0.39 is 0 Å². The molecule has 0 bridgehead atoms. The Bertz CT molecular complexity index is 115. The van der Waals surface area contributed by atoms with Crippen LogP contribution in [-0.4, -0.2) is 37.2 Å². The van der Waals surface area contributed by atoms with Crippen molar-refractivity contribution in [1.29, 1.82) is 0 Å². The summed E-state index contributed by atoms with van der Waals surface area (Å²) >= 11 is 0. The Kier molecular flexibility index (Phi) is 7.29. The highest BCUT2D eigenvalue weighted by molar-refractivity contribution is 4.80. The van der Waals surface area contributed by atoms with Gasteiger partial charge in [-0.15, -0.1) is 0 Å². The topological polar surface area (TPSA) is 12.5 Å². The summed E-state index contributed by atoms with van der Waals surface area (Å²) < 4.78 is 5.16. The molecule has 2 heteroatoms. The molecule has 1 aliphatic heterocycles. The molecule has 0 spiro atoms. The van der Waals surface area contributed by atoms with Crippen molar-refractivity contribution in [3.8, 4) is 0 Å². The van der Waals surface area contributed by atoms with Gasteiger partial charge in [0.1, 0.15) is 0 Å². The summed E-state index contributed by atoms with van der Waals surface area (Å²) in [6, 6.07) is 1.36. The Balaban J connectivity index is 0.000000671. The van der Waals surface area contributed by atoms with Crippen LogP contribution >= 0.6 is 0 Å². The Morgan fingerprint density at radius 1 is 1.38 bits per heavy atom. The molecule has 2 nitrogen and oxygen atoms in total. The summed E-state index contributed by atoms with van der Waals surface area (Å²) in [7, 11) is 1.79. The minimum atomic E-state index is 0.678. The van der Waals surface area contributed by atoms with Crippen molar-refractivity contribution in [1.82, 2.24) is 4.90 Å². The lowest BCUT2D eigenvalue weighted by Gasteiger charge is -2.27. The highest BCUT2D eigenvalue weighted by atomic mass is 16.5. The standard InChI is InChI=1S/C9H19NO.C2H6/c1-8(2)10-6-4-5-9(10)7-11-3;1-2/h8-9H,4-7H2,1-3H3;1-2H3. The number of methoxy groups -OCH3 is 1. The van der Waals surface area contributed by atoms with E-state index in [1.54, 1.807) is 7.11 Å². The minimum Gasteiger partial charge on any atom is -0.383 e. The molecule has 0 amide bonds. The third kappa shape index (κ3) is 4.10. The molecular formula is C11H25NO. The molecular weight excluding hydrogens is 162 g/mol. The fourth-order valence-corrected chi connectivity index (χ4v) is 1.91. The molecule has 0 saturated carbocycles. The van der Waals surface area contributed by atoms with Gasteiger partial charge in [-0.2, -0.15) is 0 Å². The molecule has 0 aliphatic carbocycles. The van der Waals surface area contributed by atoms with E-state index in [2.05, 4.69) is 18.7 Å². The minimum absolute atomic E-state index is 0.678. The molecule has 1 aliphatic rings. The monoisotopic (exact) mass is 187 g/mol. The summed E-state index contributed by atoms with van der Waals surface area (Å²) in [6.45, 7) is 10.7. The maximum absolute atomic E-state index is 5.16. The average molecular weight is 187 g/mol. The Morgan fingerprint density at radius 2 is 2.00 bits per heavy atom. The predicted octanol–water partition coefficient (Wildman–Crippen LogP) is 2.53. The predicted molar refractivity (Wildman–Crippen MR) is 58.1 cm³/mol. The van der Waals surface area contributed by atoms with Crippen LogP contribution in [0, 0.1) is 0 Å². The van der Waals surface area contributed by atoms with Gasteiger partial charge < -0.3 is 4.74 Å². The third-order valence-corrected chi connectivity index (χ3v) is 2.45. The van der Waals surface area contributed by atoms with Gasteiger partial charge in [0.2, 0.25) is 0 Å². The van der Waals surface area contributed by atoms with E-state index in [-0.39, 0.29) is 0 Å². The number of likely N-dealkylation sites (tertiary alicyclic amines) is 1.